The van der Waals surface area contributed by atoms with E-state index in [2.05, 4.69) is 30.9 Å². The lowest BCUT2D eigenvalue weighted by molar-refractivity contribution is 0.574. The topological polar surface area (TPSA) is 50.5 Å². The van der Waals surface area contributed by atoms with Crippen LogP contribution in [0.4, 0.5) is 10.1 Å². The Hall–Kier alpha value is -2.54. The summed E-state index contributed by atoms with van der Waals surface area (Å²) in [4.78, 5) is 20.1. The Kier molecular flexibility index (Phi) is 6.51. The van der Waals surface area contributed by atoms with Crippen LogP contribution in [-0.2, 0) is 0 Å². The number of halogens is 2. The highest BCUT2D eigenvalue weighted by atomic mass is 79.9. The molecule has 0 saturated carbocycles. The molecule has 0 bridgehead atoms. The fraction of sp³-hybridized carbons (Fsp3) is 0.375. The average molecular weight is 485 g/mol. The van der Waals surface area contributed by atoms with E-state index in [0.29, 0.717) is 22.3 Å². The lowest BCUT2D eigenvalue weighted by atomic mass is 10.1. The van der Waals surface area contributed by atoms with E-state index in [4.69, 9.17) is 0 Å². The van der Waals surface area contributed by atoms with E-state index in [1.165, 1.54) is 17.3 Å². The Bertz CT molecular complexity index is 1180. The van der Waals surface area contributed by atoms with E-state index in [1.807, 2.05) is 32.0 Å². The second-order valence-corrected chi connectivity index (χ2v) is 8.97. The van der Waals surface area contributed by atoms with Gasteiger partial charge in [-0.25, -0.2) is 9.37 Å². The summed E-state index contributed by atoms with van der Waals surface area (Å²) in [5.41, 5.74) is 1.61. The molecule has 0 amide bonds. The highest BCUT2D eigenvalue weighted by Crippen LogP contribution is 2.23. The van der Waals surface area contributed by atoms with Crippen LogP contribution in [0.1, 0.15) is 56.8 Å². The van der Waals surface area contributed by atoms with Gasteiger partial charge in [0.05, 0.1) is 17.1 Å². The van der Waals surface area contributed by atoms with Crippen molar-refractivity contribution in [1.82, 2.24) is 9.66 Å². The first-order valence-corrected chi connectivity index (χ1v) is 11.6. The van der Waals surface area contributed by atoms with Crippen molar-refractivity contribution in [2.75, 3.05) is 18.0 Å². The van der Waals surface area contributed by atoms with Crippen molar-refractivity contribution < 1.29 is 4.39 Å². The maximum atomic E-state index is 14.8. The van der Waals surface area contributed by atoms with Gasteiger partial charge in [-0.1, -0.05) is 29.8 Å². The van der Waals surface area contributed by atoms with Crippen molar-refractivity contribution in [2.45, 2.75) is 45.4 Å². The fourth-order valence-electron chi connectivity index (χ4n) is 3.87. The minimum atomic E-state index is -0.346. The van der Waals surface area contributed by atoms with Gasteiger partial charge in [-0.3, -0.25) is 4.79 Å². The molecule has 0 aliphatic carbocycles. The summed E-state index contributed by atoms with van der Waals surface area (Å²) in [5, 5.41) is 4.85. The van der Waals surface area contributed by atoms with E-state index in [0.717, 1.165) is 42.5 Å². The van der Waals surface area contributed by atoms with Gasteiger partial charge < -0.3 is 4.90 Å². The van der Waals surface area contributed by atoms with Gasteiger partial charge in [-0.05, 0) is 62.1 Å². The van der Waals surface area contributed by atoms with Crippen molar-refractivity contribution in [2.24, 2.45) is 5.10 Å². The molecule has 2 heterocycles. The lowest BCUT2D eigenvalue weighted by Crippen LogP contribution is -2.29. The Labute approximate surface area is 189 Å². The minimum absolute atomic E-state index is 0.0317. The van der Waals surface area contributed by atoms with Crippen LogP contribution in [0.2, 0.25) is 0 Å². The number of hydrogen-bond acceptors (Lipinski definition) is 4. The van der Waals surface area contributed by atoms with Crippen LogP contribution >= 0.6 is 15.9 Å². The first kappa shape index (κ1) is 21.7. The molecular weight excluding hydrogens is 459 g/mol. The third kappa shape index (κ3) is 4.56. The number of nitrogens with zero attached hydrogens (tertiary/aromatic N) is 4. The van der Waals surface area contributed by atoms with Crippen LogP contribution < -0.4 is 10.5 Å². The number of rotatable bonds is 5. The largest absolute Gasteiger partial charge is 0.371 e. The molecule has 1 aliphatic rings. The van der Waals surface area contributed by atoms with E-state index >= 15 is 0 Å². The third-order valence-electron chi connectivity index (χ3n) is 5.90. The zero-order valence-electron chi connectivity index (χ0n) is 17.8. The minimum Gasteiger partial charge on any atom is -0.371 e. The standard InChI is InChI=1S/C24H26BrFN4O/c1-3-16(2)23-28-22-10-8-18(25)13-20(22)24(31)30(23)27-15-17-7-9-19(14-21(17)26)29-11-5-4-6-12-29/h7-10,13-16H,3-6,11-12H2,1-2H3/t16-/m1/s1. The summed E-state index contributed by atoms with van der Waals surface area (Å²) in [5.74, 6) is 0.259. The van der Waals surface area contributed by atoms with Crippen molar-refractivity contribution in [3.05, 3.63) is 68.4 Å². The molecule has 0 spiro atoms. The maximum Gasteiger partial charge on any atom is 0.282 e. The highest BCUT2D eigenvalue weighted by molar-refractivity contribution is 9.10. The van der Waals surface area contributed by atoms with Crippen LogP contribution in [0, 0.1) is 5.82 Å². The Morgan fingerprint density at radius 1 is 1.19 bits per heavy atom. The number of anilines is 1. The second kappa shape index (κ2) is 9.30. The quantitative estimate of drug-likeness (QED) is 0.437. The zero-order valence-corrected chi connectivity index (χ0v) is 19.4. The molecule has 5 nitrogen and oxygen atoms in total. The number of aromatic nitrogens is 2. The molecule has 0 N–H and O–H groups in total. The van der Waals surface area contributed by atoms with Gasteiger partial charge in [0.25, 0.3) is 5.56 Å². The molecule has 3 aromatic rings. The Morgan fingerprint density at radius 3 is 2.68 bits per heavy atom. The summed E-state index contributed by atoms with van der Waals surface area (Å²) in [6, 6.07) is 10.6. The molecule has 1 atom stereocenters. The predicted molar refractivity (Wildman–Crippen MR) is 128 cm³/mol. The molecule has 7 heteroatoms. The van der Waals surface area contributed by atoms with Gasteiger partial charge in [-0.15, -0.1) is 0 Å². The van der Waals surface area contributed by atoms with Gasteiger partial charge >= 0.3 is 0 Å². The van der Waals surface area contributed by atoms with Gasteiger partial charge in [0.1, 0.15) is 11.6 Å². The van der Waals surface area contributed by atoms with E-state index in [-0.39, 0.29) is 17.3 Å². The summed E-state index contributed by atoms with van der Waals surface area (Å²) in [7, 11) is 0. The van der Waals surface area contributed by atoms with Gasteiger partial charge in [0, 0.05) is 34.7 Å². The maximum absolute atomic E-state index is 14.8. The van der Waals surface area contributed by atoms with Crippen LogP contribution in [0.3, 0.4) is 0 Å². The molecule has 4 rings (SSSR count). The molecule has 1 fully saturated rings. The predicted octanol–water partition coefficient (Wildman–Crippen LogP) is 5.68. The molecule has 1 aromatic heterocycles. The zero-order chi connectivity index (χ0) is 22.0. The van der Waals surface area contributed by atoms with Crippen LogP contribution in [0.25, 0.3) is 10.9 Å². The molecule has 2 aromatic carbocycles. The van der Waals surface area contributed by atoms with E-state index in [1.54, 1.807) is 18.2 Å². The fourth-order valence-corrected chi connectivity index (χ4v) is 4.23. The Balaban J connectivity index is 1.73. The third-order valence-corrected chi connectivity index (χ3v) is 6.40. The van der Waals surface area contributed by atoms with Gasteiger partial charge in [0.15, 0.2) is 0 Å². The number of benzene rings is 2. The summed E-state index contributed by atoms with van der Waals surface area (Å²) >= 11 is 3.41. The van der Waals surface area contributed by atoms with Crippen LogP contribution in [0.5, 0.6) is 0 Å². The molecule has 31 heavy (non-hydrogen) atoms. The summed E-state index contributed by atoms with van der Waals surface area (Å²) in [6.45, 7) is 5.96. The molecule has 0 radical (unpaired) electrons. The molecule has 0 unspecified atom stereocenters. The first-order valence-electron chi connectivity index (χ1n) is 10.8. The van der Waals surface area contributed by atoms with E-state index < -0.39 is 0 Å². The summed E-state index contributed by atoms with van der Waals surface area (Å²) < 4.78 is 16.9. The van der Waals surface area contributed by atoms with Crippen molar-refractivity contribution in [3.63, 3.8) is 0 Å². The lowest BCUT2D eigenvalue weighted by Gasteiger charge is -2.28. The van der Waals surface area contributed by atoms with Gasteiger partial charge in [-0.2, -0.15) is 9.78 Å². The SMILES string of the molecule is CC[C@@H](C)c1nc2ccc(Br)cc2c(=O)n1N=Cc1ccc(N2CCCCC2)cc1F. The number of fused-ring (bicyclic) bond motifs is 1. The monoisotopic (exact) mass is 484 g/mol. The smallest absolute Gasteiger partial charge is 0.282 e. The average Bonchev–Trinajstić information content (AvgIpc) is 2.79. The van der Waals surface area contributed by atoms with E-state index in [9.17, 15) is 9.18 Å². The first-order chi connectivity index (χ1) is 15.0. The molecule has 162 valence electrons. The molecule has 1 aliphatic heterocycles. The number of piperidine rings is 1. The van der Waals surface area contributed by atoms with Crippen molar-refractivity contribution in [1.29, 1.82) is 0 Å². The number of hydrogen-bond donors (Lipinski definition) is 0. The van der Waals surface area contributed by atoms with Crippen LogP contribution in [-0.4, -0.2) is 29.0 Å². The van der Waals surface area contributed by atoms with Crippen molar-refractivity contribution >= 4 is 38.7 Å². The van der Waals surface area contributed by atoms with Crippen LogP contribution in [0.15, 0.2) is 50.8 Å². The van der Waals surface area contributed by atoms with Crippen molar-refractivity contribution in [3.8, 4) is 0 Å². The highest BCUT2D eigenvalue weighted by Gasteiger charge is 2.16. The van der Waals surface area contributed by atoms with Gasteiger partial charge in [0.2, 0.25) is 0 Å². The Morgan fingerprint density at radius 2 is 1.97 bits per heavy atom. The normalized spacial score (nSPS) is 15.7. The second-order valence-electron chi connectivity index (χ2n) is 8.06. The summed E-state index contributed by atoms with van der Waals surface area (Å²) in [6.07, 6.45) is 5.72. The molecule has 1 saturated heterocycles. The molecular formula is C24H26BrFN4O.